The summed E-state index contributed by atoms with van der Waals surface area (Å²) in [4.78, 5) is 23.0. The Balaban J connectivity index is 2.01. The summed E-state index contributed by atoms with van der Waals surface area (Å²) in [6.07, 6.45) is 0. The first-order valence-electron chi connectivity index (χ1n) is 7.18. The molecule has 24 heavy (non-hydrogen) atoms. The normalized spacial score (nSPS) is 9.92. The lowest BCUT2D eigenvalue weighted by Crippen LogP contribution is -2.23. The molecule has 2 aromatic rings. The molecule has 0 saturated carbocycles. The maximum atomic E-state index is 12.3. The van der Waals surface area contributed by atoms with Crippen LogP contribution in [0.2, 0.25) is 0 Å². The number of ether oxygens (including phenoxy) is 2. The van der Waals surface area contributed by atoms with Gasteiger partial charge in [0.05, 0.1) is 14.2 Å². The largest absolute Gasteiger partial charge is 0.497 e. The third kappa shape index (κ3) is 4.64. The van der Waals surface area contributed by atoms with Crippen LogP contribution in [0.3, 0.4) is 0 Å². The van der Waals surface area contributed by atoms with Crippen LogP contribution in [0.1, 0.15) is 15.9 Å². The van der Waals surface area contributed by atoms with Crippen molar-refractivity contribution in [2.75, 3.05) is 19.5 Å². The first-order valence-corrected chi connectivity index (χ1v) is 7.18. The van der Waals surface area contributed by atoms with Gasteiger partial charge in [-0.1, -0.05) is 12.1 Å². The predicted molar refractivity (Wildman–Crippen MR) is 90.4 cm³/mol. The number of primary amides is 1. The lowest BCUT2D eigenvalue weighted by Gasteiger charge is -2.10. The van der Waals surface area contributed by atoms with Crippen LogP contribution in [0.5, 0.6) is 11.5 Å². The molecule has 0 aliphatic heterocycles. The van der Waals surface area contributed by atoms with Gasteiger partial charge in [-0.3, -0.25) is 4.79 Å². The van der Waals surface area contributed by atoms with Crippen molar-refractivity contribution in [1.29, 1.82) is 0 Å². The first kappa shape index (κ1) is 17.1. The van der Waals surface area contributed by atoms with Gasteiger partial charge in [0.1, 0.15) is 11.5 Å². The Kier molecular flexibility index (Phi) is 5.62. The highest BCUT2D eigenvalue weighted by molar-refractivity contribution is 5.95. The summed E-state index contributed by atoms with van der Waals surface area (Å²) in [5, 5.41) is 5.29. The second-order valence-corrected chi connectivity index (χ2v) is 4.97. The predicted octanol–water partition coefficient (Wildman–Crippen LogP) is 2.12. The number of hydrogen-bond acceptors (Lipinski definition) is 4. The number of nitrogens with one attached hydrogen (secondary N) is 2. The van der Waals surface area contributed by atoms with Gasteiger partial charge in [0, 0.05) is 23.9 Å². The van der Waals surface area contributed by atoms with Crippen molar-refractivity contribution in [3.05, 3.63) is 53.6 Å². The summed E-state index contributed by atoms with van der Waals surface area (Å²) in [6.45, 7) is 0.342. The van der Waals surface area contributed by atoms with E-state index in [-0.39, 0.29) is 5.91 Å². The van der Waals surface area contributed by atoms with Crippen LogP contribution >= 0.6 is 0 Å². The van der Waals surface area contributed by atoms with Crippen molar-refractivity contribution in [1.82, 2.24) is 5.32 Å². The molecule has 7 nitrogen and oxygen atoms in total. The molecule has 2 aromatic carbocycles. The van der Waals surface area contributed by atoms with E-state index in [0.29, 0.717) is 29.3 Å². The highest BCUT2D eigenvalue weighted by Gasteiger charge is 2.09. The smallest absolute Gasteiger partial charge is 0.316 e. The van der Waals surface area contributed by atoms with Crippen LogP contribution in [0.15, 0.2) is 42.5 Å². The molecule has 4 N–H and O–H groups in total. The van der Waals surface area contributed by atoms with E-state index in [0.717, 1.165) is 5.56 Å². The Morgan fingerprint density at radius 1 is 1.00 bits per heavy atom. The van der Waals surface area contributed by atoms with Crippen molar-refractivity contribution >= 4 is 17.6 Å². The van der Waals surface area contributed by atoms with E-state index in [4.69, 9.17) is 15.2 Å². The zero-order chi connectivity index (χ0) is 17.5. The van der Waals surface area contributed by atoms with E-state index >= 15 is 0 Å². The minimum absolute atomic E-state index is 0.244. The van der Waals surface area contributed by atoms with Gasteiger partial charge in [0.15, 0.2) is 0 Å². The van der Waals surface area contributed by atoms with Crippen molar-refractivity contribution in [2.45, 2.75) is 6.54 Å². The molecule has 0 fully saturated rings. The molecule has 7 heteroatoms. The fourth-order valence-electron chi connectivity index (χ4n) is 2.07. The molecular weight excluding hydrogens is 310 g/mol. The Labute approximate surface area is 139 Å². The Morgan fingerprint density at radius 2 is 1.58 bits per heavy atom. The molecule has 0 radical (unpaired) electrons. The minimum atomic E-state index is -0.622. The molecule has 0 bridgehead atoms. The molecule has 0 aromatic heterocycles. The van der Waals surface area contributed by atoms with Crippen LogP contribution < -0.4 is 25.8 Å². The van der Waals surface area contributed by atoms with Gasteiger partial charge in [-0.2, -0.15) is 0 Å². The van der Waals surface area contributed by atoms with Gasteiger partial charge in [-0.05, 0) is 29.8 Å². The topological polar surface area (TPSA) is 103 Å². The van der Waals surface area contributed by atoms with Crippen LogP contribution in [-0.2, 0) is 6.54 Å². The number of nitrogens with two attached hydrogens (primary N) is 1. The standard InChI is InChI=1S/C17H19N3O4/c1-23-14-7-12(8-15(9-14)24-2)16(21)19-10-11-3-5-13(6-4-11)20-17(18)22/h3-9H,10H2,1-2H3,(H,19,21)(H3,18,20,22). The summed E-state index contributed by atoms with van der Waals surface area (Å²) < 4.78 is 10.3. The summed E-state index contributed by atoms with van der Waals surface area (Å²) in [6, 6.07) is 11.3. The minimum Gasteiger partial charge on any atom is -0.497 e. The molecule has 2 rings (SSSR count). The number of carbonyl (C=O) groups excluding carboxylic acids is 2. The molecule has 126 valence electrons. The number of amides is 3. The molecule has 3 amide bonds. The number of hydrogen-bond donors (Lipinski definition) is 3. The Morgan fingerprint density at radius 3 is 2.08 bits per heavy atom. The van der Waals surface area contributed by atoms with Crippen LogP contribution in [-0.4, -0.2) is 26.2 Å². The number of methoxy groups -OCH3 is 2. The van der Waals surface area contributed by atoms with Gasteiger partial charge in [-0.25, -0.2) is 4.79 Å². The van der Waals surface area contributed by atoms with Gasteiger partial charge in [0.2, 0.25) is 0 Å². The quantitative estimate of drug-likeness (QED) is 0.755. The van der Waals surface area contributed by atoms with E-state index < -0.39 is 6.03 Å². The third-order valence-corrected chi connectivity index (χ3v) is 3.29. The van der Waals surface area contributed by atoms with Crippen molar-refractivity contribution < 1.29 is 19.1 Å². The monoisotopic (exact) mass is 329 g/mol. The van der Waals surface area contributed by atoms with Crippen LogP contribution in [0.4, 0.5) is 10.5 Å². The summed E-state index contributed by atoms with van der Waals surface area (Å²) in [7, 11) is 3.05. The van der Waals surface area contributed by atoms with Crippen molar-refractivity contribution in [3.63, 3.8) is 0 Å². The molecule has 0 heterocycles. The first-order chi connectivity index (χ1) is 11.5. The SMILES string of the molecule is COc1cc(OC)cc(C(=O)NCc2ccc(NC(N)=O)cc2)c1. The molecule has 0 aliphatic carbocycles. The fraction of sp³-hybridized carbons (Fsp3) is 0.176. The molecule has 0 spiro atoms. The number of benzene rings is 2. The van der Waals surface area contributed by atoms with Crippen molar-refractivity contribution in [3.8, 4) is 11.5 Å². The van der Waals surface area contributed by atoms with E-state index in [2.05, 4.69) is 10.6 Å². The number of urea groups is 1. The summed E-state index contributed by atoms with van der Waals surface area (Å²) >= 11 is 0. The highest BCUT2D eigenvalue weighted by Crippen LogP contribution is 2.22. The van der Waals surface area contributed by atoms with Gasteiger partial charge < -0.3 is 25.8 Å². The third-order valence-electron chi connectivity index (χ3n) is 3.29. The molecule has 0 unspecified atom stereocenters. The van der Waals surface area contributed by atoms with Crippen molar-refractivity contribution in [2.24, 2.45) is 5.73 Å². The summed E-state index contributed by atoms with van der Waals surface area (Å²) in [5.74, 6) is 0.842. The van der Waals surface area contributed by atoms with E-state index in [1.807, 2.05) is 0 Å². The van der Waals surface area contributed by atoms with Gasteiger partial charge >= 0.3 is 6.03 Å². The molecular formula is C17H19N3O4. The summed E-state index contributed by atoms with van der Waals surface area (Å²) in [5.41, 5.74) is 6.96. The molecule has 0 atom stereocenters. The number of carbonyl (C=O) groups is 2. The number of anilines is 1. The van der Waals surface area contributed by atoms with Crippen LogP contribution in [0, 0.1) is 0 Å². The highest BCUT2D eigenvalue weighted by atomic mass is 16.5. The second kappa shape index (κ2) is 7.87. The zero-order valence-electron chi connectivity index (χ0n) is 13.5. The lowest BCUT2D eigenvalue weighted by molar-refractivity contribution is 0.0950. The Bertz CT molecular complexity index is 707. The van der Waals surface area contributed by atoms with E-state index in [1.54, 1.807) is 42.5 Å². The maximum Gasteiger partial charge on any atom is 0.316 e. The molecule has 0 aliphatic rings. The Hall–Kier alpha value is -3.22. The van der Waals surface area contributed by atoms with E-state index in [9.17, 15) is 9.59 Å². The van der Waals surface area contributed by atoms with Gasteiger partial charge in [-0.15, -0.1) is 0 Å². The second-order valence-electron chi connectivity index (χ2n) is 4.97. The maximum absolute atomic E-state index is 12.3. The zero-order valence-corrected chi connectivity index (χ0v) is 13.5. The fourth-order valence-corrected chi connectivity index (χ4v) is 2.07. The lowest BCUT2D eigenvalue weighted by atomic mass is 10.1. The average molecular weight is 329 g/mol. The van der Waals surface area contributed by atoms with Gasteiger partial charge in [0.25, 0.3) is 5.91 Å². The molecule has 0 saturated heterocycles. The van der Waals surface area contributed by atoms with E-state index in [1.165, 1.54) is 14.2 Å². The van der Waals surface area contributed by atoms with Crippen LogP contribution in [0.25, 0.3) is 0 Å². The average Bonchev–Trinajstić information content (AvgIpc) is 2.59. The number of rotatable bonds is 6.